The lowest BCUT2D eigenvalue weighted by molar-refractivity contribution is 0.321. The van der Waals surface area contributed by atoms with Crippen LogP contribution in [0.25, 0.3) is 0 Å². The monoisotopic (exact) mass is 223 g/mol. The van der Waals surface area contributed by atoms with E-state index in [4.69, 9.17) is 5.73 Å². The summed E-state index contributed by atoms with van der Waals surface area (Å²) < 4.78 is 1.75. The first-order valence-electron chi connectivity index (χ1n) is 6.21. The van der Waals surface area contributed by atoms with Crippen molar-refractivity contribution in [1.82, 2.24) is 9.78 Å². The predicted molar refractivity (Wildman–Crippen MR) is 65.7 cm³/mol. The highest BCUT2D eigenvalue weighted by Gasteiger charge is 2.21. The Morgan fingerprint density at radius 3 is 2.44 bits per heavy atom. The fraction of sp³-hybridized carbons (Fsp3) is 0.750. The summed E-state index contributed by atoms with van der Waals surface area (Å²) >= 11 is 0. The highest BCUT2D eigenvalue weighted by Crippen LogP contribution is 2.28. The smallest absolute Gasteiger partial charge is 0.290 e. The van der Waals surface area contributed by atoms with Crippen molar-refractivity contribution in [3.8, 4) is 0 Å². The van der Waals surface area contributed by atoms with Gasteiger partial charge in [-0.3, -0.25) is 9.89 Å². The molecule has 0 unspecified atom stereocenters. The van der Waals surface area contributed by atoms with Crippen LogP contribution in [0.1, 0.15) is 63.6 Å². The second kappa shape index (κ2) is 4.36. The van der Waals surface area contributed by atoms with Crippen molar-refractivity contribution in [1.29, 1.82) is 0 Å². The second-order valence-corrected chi connectivity index (χ2v) is 5.06. The number of aromatic nitrogens is 2. The maximum absolute atomic E-state index is 12.0. The van der Waals surface area contributed by atoms with Gasteiger partial charge >= 0.3 is 0 Å². The molecule has 1 aliphatic rings. The Bertz CT molecular complexity index is 410. The van der Waals surface area contributed by atoms with Gasteiger partial charge in [0, 0.05) is 0 Å². The number of nitrogen functional groups attached to an aromatic ring is 1. The summed E-state index contributed by atoms with van der Waals surface area (Å²) in [6, 6.07) is 0.330. The lowest BCUT2D eigenvalue weighted by atomic mass is 9.96. The van der Waals surface area contributed by atoms with Gasteiger partial charge in [0.1, 0.15) is 5.69 Å². The first kappa shape index (κ1) is 11.3. The quantitative estimate of drug-likeness (QED) is 0.808. The second-order valence-electron chi connectivity index (χ2n) is 5.06. The van der Waals surface area contributed by atoms with Crippen LogP contribution in [-0.4, -0.2) is 9.78 Å². The standard InChI is InChI=1S/C12H21N3O/c1-8(2)11-10(13)12(16)15(14-11)9-6-4-3-5-7-9/h8-9,14H,3-7,13H2,1-2H3. The van der Waals surface area contributed by atoms with E-state index in [1.165, 1.54) is 19.3 Å². The Morgan fingerprint density at radius 2 is 1.94 bits per heavy atom. The summed E-state index contributed by atoms with van der Waals surface area (Å²) in [6.07, 6.45) is 5.91. The van der Waals surface area contributed by atoms with Crippen molar-refractivity contribution >= 4 is 5.69 Å². The fourth-order valence-electron chi connectivity index (χ4n) is 2.52. The predicted octanol–water partition coefficient (Wildman–Crippen LogP) is 2.39. The Morgan fingerprint density at radius 1 is 1.31 bits per heavy atom. The normalized spacial score (nSPS) is 18.2. The summed E-state index contributed by atoms with van der Waals surface area (Å²) in [5, 5.41) is 3.20. The molecule has 1 aliphatic carbocycles. The van der Waals surface area contributed by atoms with E-state index < -0.39 is 0 Å². The molecule has 4 heteroatoms. The molecular weight excluding hydrogens is 202 g/mol. The Kier molecular flexibility index (Phi) is 3.08. The molecule has 0 atom stereocenters. The lowest BCUT2D eigenvalue weighted by Crippen LogP contribution is -2.25. The van der Waals surface area contributed by atoms with E-state index in [2.05, 4.69) is 5.10 Å². The molecule has 1 aromatic rings. The van der Waals surface area contributed by atoms with Crippen molar-refractivity contribution in [3.05, 3.63) is 16.0 Å². The zero-order valence-corrected chi connectivity index (χ0v) is 10.1. The molecule has 0 aliphatic heterocycles. The van der Waals surface area contributed by atoms with Crippen LogP contribution in [0.2, 0.25) is 0 Å². The zero-order chi connectivity index (χ0) is 11.7. The minimum Gasteiger partial charge on any atom is -0.393 e. The van der Waals surface area contributed by atoms with E-state index >= 15 is 0 Å². The van der Waals surface area contributed by atoms with E-state index in [-0.39, 0.29) is 11.5 Å². The van der Waals surface area contributed by atoms with Gasteiger partial charge in [-0.25, -0.2) is 4.68 Å². The molecule has 2 rings (SSSR count). The molecule has 4 nitrogen and oxygen atoms in total. The highest BCUT2D eigenvalue weighted by atomic mass is 16.1. The van der Waals surface area contributed by atoms with Crippen LogP contribution >= 0.6 is 0 Å². The third-order valence-corrected chi connectivity index (χ3v) is 3.50. The van der Waals surface area contributed by atoms with Crippen LogP contribution in [0.4, 0.5) is 5.69 Å². The van der Waals surface area contributed by atoms with Crippen molar-refractivity contribution < 1.29 is 0 Å². The van der Waals surface area contributed by atoms with Crippen molar-refractivity contribution in [3.63, 3.8) is 0 Å². The van der Waals surface area contributed by atoms with Crippen LogP contribution in [-0.2, 0) is 0 Å². The van der Waals surface area contributed by atoms with Gasteiger partial charge in [-0.1, -0.05) is 33.1 Å². The number of anilines is 1. The number of hydrogen-bond donors (Lipinski definition) is 2. The maximum atomic E-state index is 12.0. The summed E-state index contributed by atoms with van der Waals surface area (Å²) in [7, 11) is 0. The molecule has 16 heavy (non-hydrogen) atoms. The van der Waals surface area contributed by atoms with Crippen LogP contribution in [0.3, 0.4) is 0 Å². The zero-order valence-electron chi connectivity index (χ0n) is 10.1. The van der Waals surface area contributed by atoms with Gasteiger partial charge < -0.3 is 5.73 Å². The fourth-order valence-corrected chi connectivity index (χ4v) is 2.52. The lowest BCUT2D eigenvalue weighted by Gasteiger charge is -2.22. The molecule has 0 radical (unpaired) electrons. The number of nitrogens with zero attached hydrogens (tertiary/aromatic N) is 1. The third-order valence-electron chi connectivity index (χ3n) is 3.50. The van der Waals surface area contributed by atoms with Crippen molar-refractivity contribution in [2.24, 2.45) is 0 Å². The van der Waals surface area contributed by atoms with Crippen molar-refractivity contribution in [2.45, 2.75) is 57.9 Å². The molecule has 0 saturated heterocycles. The molecule has 0 spiro atoms. The van der Waals surface area contributed by atoms with Gasteiger partial charge in [0.2, 0.25) is 0 Å². The molecule has 1 aromatic heterocycles. The van der Waals surface area contributed by atoms with Crippen LogP contribution in [0.15, 0.2) is 4.79 Å². The van der Waals surface area contributed by atoms with Gasteiger partial charge in [-0.2, -0.15) is 0 Å². The molecule has 1 saturated carbocycles. The largest absolute Gasteiger partial charge is 0.393 e. The number of rotatable bonds is 2. The minimum absolute atomic E-state index is 0.0319. The average molecular weight is 223 g/mol. The summed E-state index contributed by atoms with van der Waals surface area (Å²) in [5.41, 5.74) is 7.10. The highest BCUT2D eigenvalue weighted by molar-refractivity contribution is 5.42. The summed E-state index contributed by atoms with van der Waals surface area (Å²) in [4.78, 5) is 12.0. The summed E-state index contributed by atoms with van der Waals surface area (Å²) in [5.74, 6) is 0.276. The van der Waals surface area contributed by atoms with Gasteiger partial charge in [0.15, 0.2) is 0 Å². The third kappa shape index (κ3) is 1.88. The number of aromatic amines is 1. The van der Waals surface area contributed by atoms with E-state index in [1.54, 1.807) is 4.68 Å². The Balaban J connectivity index is 2.34. The van der Waals surface area contributed by atoms with Crippen molar-refractivity contribution in [2.75, 3.05) is 5.73 Å². The van der Waals surface area contributed by atoms with E-state index in [9.17, 15) is 4.79 Å². The SMILES string of the molecule is CC(C)c1[nH]n(C2CCCCC2)c(=O)c1N. The Labute approximate surface area is 95.8 Å². The van der Waals surface area contributed by atoms with Crippen LogP contribution < -0.4 is 11.3 Å². The van der Waals surface area contributed by atoms with Gasteiger partial charge in [-0.15, -0.1) is 0 Å². The average Bonchev–Trinajstić information content (AvgIpc) is 2.58. The first-order chi connectivity index (χ1) is 7.61. The van der Waals surface area contributed by atoms with E-state index in [0.29, 0.717) is 11.7 Å². The summed E-state index contributed by atoms with van der Waals surface area (Å²) in [6.45, 7) is 4.10. The number of nitrogens with two attached hydrogens (primary N) is 1. The van der Waals surface area contributed by atoms with Crippen LogP contribution in [0.5, 0.6) is 0 Å². The van der Waals surface area contributed by atoms with Gasteiger partial charge in [-0.05, 0) is 18.8 Å². The molecule has 3 N–H and O–H groups in total. The number of nitrogens with one attached hydrogen (secondary N) is 1. The molecule has 0 bridgehead atoms. The van der Waals surface area contributed by atoms with Gasteiger partial charge in [0.25, 0.3) is 5.56 Å². The molecule has 90 valence electrons. The van der Waals surface area contributed by atoms with E-state index in [0.717, 1.165) is 18.5 Å². The number of hydrogen-bond acceptors (Lipinski definition) is 2. The van der Waals surface area contributed by atoms with E-state index in [1.807, 2.05) is 13.8 Å². The first-order valence-corrected chi connectivity index (χ1v) is 6.21. The molecule has 0 amide bonds. The van der Waals surface area contributed by atoms with Crippen LogP contribution in [0, 0.1) is 0 Å². The maximum Gasteiger partial charge on any atom is 0.290 e. The molecule has 1 heterocycles. The topological polar surface area (TPSA) is 63.8 Å². The molecular formula is C12H21N3O. The Hall–Kier alpha value is -1.19. The van der Waals surface area contributed by atoms with Gasteiger partial charge in [0.05, 0.1) is 11.7 Å². The minimum atomic E-state index is -0.0319. The number of H-pyrrole nitrogens is 1. The molecule has 0 aromatic carbocycles. The molecule has 1 fully saturated rings.